The second kappa shape index (κ2) is 4.23. The molecule has 3 atom stereocenters. The first-order valence-corrected chi connectivity index (χ1v) is 7.22. The quantitative estimate of drug-likeness (QED) is 0.867. The largest absolute Gasteiger partial charge is 0.497 e. The summed E-state index contributed by atoms with van der Waals surface area (Å²) in [4.78, 5) is 4.23. The van der Waals surface area contributed by atoms with Crippen molar-refractivity contribution >= 4 is 5.84 Å². The summed E-state index contributed by atoms with van der Waals surface area (Å²) in [6, 6.07) is 11.7. The molecule has 1 aliphatic carbocycles. The van der Waals surface area contributed by atoms with Gasteiger partial charge in [-0.1, -0.05) is 12.1 Å². The van der Waals surface area contributed by atoms with Gasteiger partial charge >= 0.3 is 0 Å². The van der Waals surface area contributed by atoms with E-state index >= 15 is 0 Å². The molecule has 3 aliphatic rings. The standard InChI is InChI=1S/C16H14N4O3/c1-21-11-4-2-3-10(7-11)12-14(8-17)13(19)20-16(15(12,14)9-18)22-5-6-23-16/h2-4,7,12H,5-6H2,1H3,(H2,19,20)/t12-,14-,15-/m1/s1. The lowest BCUT2D eigenvalue weighted by Gasteiger charge is -2.25. The number of rotatable bonds is 2. The Kier molecular flexibility index (Phi) is 2.57. The predicted molar refractivity (Wildman–Crippen MR) is 78.1 cm³/mol. The van der Waals surface area contributed by atoms with E-state index in [4.69, 9.17) is 19.9 Å². The average Bonchev–Trinajstić information content (AvgIpc) is 2.84. The van der Waals surface area contributed by atoms with Gasteiger partial charge in [-0.25, -0.2) is 4.99 Å². The van der Waals surface area contributed by atoms with Crippen LogP contribution in [0.1, 0.15) is 11.5 Å². The summed E-state index contributed by atoms with van der Waals surface area (Å²) in [6.07, 6.45) is 0. The molecule has 116 valence electrons. The van der Waals surface area contributed by atoms with Gasteiger partial charge in [-0.15, -0.1) is 0 Å². The molecule has 0 aromatic heterocycles. The Morgan fingerprint density at radius 2 is 2.04 bits per heavy atom. The maximum atomic E-state index is 9.94. The van der Waals surface area contributed by atoms with Crippen LogP contribution in [0.2, 0.25) is 0 Å². The summed E-state index contributed by atoms with van der Waals surface area (Å²) in [5.41, 5.74) is 4.33. The Bertz CT molecular complexity index is 802. The van der Waals surface area contributed by atoms with Crippen molar-refractivity contribution in [2.45, 2.75) is 11.8 Å². The van der Waals surface area contributed by atoms with Gasteiger partial charge in [-0.05, 0) is 17.7 Å². The van der Waals surface area contributed by atoms with Crippen LogP contribution >= 0.6 is 0 Å². The van der Waals surface area contributed by atoms with Gasteiger partial charge in [-0.2, -0.15) is 10.5 Å². The van der Waals surface area contributed by atoms with E-state index in [9.17, 15) is 10.5 Å². The number of nitrogens with zero attached hydrogens (tertiary/aromatic N) is 3. The molecule has 0 bridgehead atoms. The highest BCUT2D eigenvalue weighted by Gasteiger charge is 2.94. The molecule has 7 heteroatoms. The third kappa shape index (κ3) is 1.29. The number of ether oxygens (including phenoxy) is 3. The zero-order valence-electron chi connectivity index (χ0n) is 12.4. The molecule has 0 radical (unpaired) electrons. The predicted octanol–water partition coefficient (Wildman–Crippen LogP) is 0.884. The highest BCUT2D eigenvalue weighted by atomic mass is 16.8. The summed E-state index contributed by atoms with van der Waals surface area (Å²) in [5, 5.41) is 19.8. The first kappa shape index (κ1) is 14.0. The molecule has 1 aromatic carbocycles. The van der Waals surface area contributed by atoms with Gasteiger partial charge in [0.05, 0.1) is 32.5 Å². The fourth-order valence-corrected chi connectivity index (χ4v) is 4.04. The van der Waals surface area contributed by atoms with Crippen LogP contribution in [0.25, 0.3) is 0 Å². The molecule has 1 aromatic rings. The molecule has 2 aliphatic heterocycles. The van der Waals surface area contributed by atoms with E-state index < -0.39 is 22.7 Å². The molecule has 2 N–H and O–H groups in total. The van der Waals surface area contributed by atoms with E-state index in [1.165, 1.54) is 0 Å². The first-order valence-electron chi connectivity index (χ1n) is 7.22. The molecule has 23 heavy (non-hydrogen) atoms. The SMILES string of the molecule is COc1cccc([C@@H]2[C@]3(C#N)C(N)=NC4(OCCO4)[C@]23C#N)c1. The molecule has 2 heterocycles. The summed E-state index contributed by atoms with van der Waals surface area (Å²) in [7, 11) is 1.56. The molecular weight excluding hydrogens is 296 g/mol. The van der Waals surface area contributed by atoms with Gasteiger partial charge in [0.2, 0.25) is 0 Å². The van der Waals surface area contributed by atoms with Gasteiger partial charge in [0.25, 0.3) is 5.91 Å². The third-order valence-electron chi connectivity index (χ3n) is 5.03. The van der Waals surface area contributed by atoms with Crippen molar-refractivity contribution in [3.05, 3.63) is 29.8 Å². The number of methoxy groups -OCH3 is 1. The zero-order chi connectivity index (χ0) is 16.3. The fourth-order valence-electron chi connectivity index (χ4n) is 4.04. The van der Waals surface area contributed by atoms with Crippen LogP contribution in [0.15, 0.2) is 29.3 Å². The molecule has 1 spiro atoms. The van der Waals surface area contributed by atoms with Crippen LogP contribution in [-0.2, 0) is 9.47 Å². The van der Waals surface area contributed by atoms with Crippen molar-refractivity contribution in [1.82, 2.24) is 0 Å². The minimum atomic E-state index is -1.49. The van der Waals surface area contributed by atoms with Crippen LogP contribution < -0.4 is 10.5 Å². The van der Waals surface area contributed by atoms with E-state index in [-0.39, 0.29) is 5.84 Å². The number of nitriles is 2. The monoisotopic (exact) mass is 310 g/mol. The zero-order valence-corrected chi connectivity index (χ0v) is 12.4. The Balaban J connectivity index is 1.91. The topological polar surface area (TPSA) is 114 Å². The second-order valence-electron chi connectivity index (χ2n) is 5.83. The van der Waals surface area contributed by atoms with Crippen molar-refractivity contribution < 1.29 is 14.2 Å². The first-order chi connectivity index (χ1) is 11.1. The van der Waals surface area contributed by atoms with Crippen LogP contribution in [0.5, 0.6) is 5.75 Å². The fraction of sp³-hybridized carbons (Fsp3) is 0.438. The number of fused-ring (bicyclic) bond motifs is 2. The van der Waals surface area contributed by atoms with E-state index in [0.29, 0.717) is 19.0 Å². The minimum absolute atomic E-state index is 0.0938. The molecule has 7 nitrogen and oxygen atoms in total. The van der Waals surface area contributed by atoms with E-state index in [2.05, 4.69) is 17.1 Å². The number of hydrogen-bond acceptors (Lipinski definition) is 7. The minimum Gasteiger partial charge on any atom is -0.497 e. The van der Waals surface area contributed by atoms with E-state index in [0.717, 1.165) is 5.56 Å². The lowest BCUT2D eigenvalue weighted by molar-refractivity contribution is -0.184. The summed E-state index contributed by atoms with van der Waals surface area (Å²) in [5.74, 6) is -1.23. The summed E-state index contributed by atoms with van der Waals surface area (Å²) < 4.78 is 16.6. The lowest BCUT2D eigenvalue weighted by atomic mass is 9.94. The lowest BCUT2D eigenvalue weighted by Crippen LogP contribution is -2.38. The summed E-state index contributed by atoms with van der Waals surface area (Å²) >= 11 is 0. The van der Waals surface area contributed by atoms with Crippen molar-refractivity contribution in [3.63, 3.8) is 0 Å². The highest BCUT2D eigenvalue weighted by Crippen LogP contribution is 2.82. The van der Waals surface area contributed by atoms with Crippen LogP contribution in [0, 0.1) is 33.5 Å². The molecule has 4 rings (SSSR count). The van der Waals surface area contributed by atoms with E-state index in [1.54, 1.807) is 19.2 Å². The van der Waals surface area contributed by atoms with Crippen LogP contribution in [-0.4, -0.2) is 32.1 Å². The Labute approximate surface area is 132 Å². The van der Waals surface area contributed by atoms with Gasteiger partial charge < -0.3 is 19.9 Å². The third-order valence-corrected chi connectivity index (χ3v) is 5.03. The molecule has 1 saturated heterocycles. The molecule has 1 saturated carbocycles. The van der Waals surface area contributed by atoms with Crippen molar-refractivity contribution in [2.75, 3.05) is 20.3 Å². The van der Waals surface area contributed by atoms with E-state index in [1.807, 2.05) is 12.1 Å². The average molecular weight is 310 g/mol. The number of hydrogen-bond donors (Lipinski definition) is 1. The van der Waals surface area contributed by atoms with Crippen molar-refractivity contribution in [3.8, 4) is 17.9 Å². The van der Waals surface area contributed by atoms with Gasteiger partial charge in [0.1, 0.15) is 17.0 Å². The Morgan fingerprint density at radius 1 is 1.30 bits per heavy atom. The normalized spacial score (nSPS) is 36.0. The Hall–Kier alpha value is -2.61. The van der Waals surface area contributed by atoms with Gasteiger partial charge in [0.15, 0.2) is 5.41 Å². The Morgan fingerprint density at radius 3 is 2.65 bits per heavy atom. The maximum absolute atomic E-state index is 9.94. The van der Waals surface area contributed by atoms with Gasteiger partial charge in [-0.3, -0.25) is 0 Å². The molecule has 2 fully saturated rings. The molecule has 0 amide bonds. The number of nitrogens with two attached hydrogens (primary N) is 1. The van der Waals surface area contributed by atoms with Crippen molar-refractivity contribution in [1.29, 1.82) is 10.5 Å². The molecule has 0 unspecified atom stereocenters. The number of aliphatic imine (C=N–C) groups is 1. The van der Waals surface area contributed by atoms with Crippen molar-refractivity contribution in [2.24, 2.45) is 21.6 Å². The summed E-state index contributed by atoms with van der Waals surface area (Å²) in [6.45, 7) is 0.624. The number of benzene rings is 1. The number of amidine groups is 1. The maximum Gasteiger partial charge on any atom is 0.293 e. The van der Waals surface area contributed by atoms with Crippen LogP contribution in [0.4, 0.5) is 0 Å². The van der Waals surface area contributed by atoms with Crippen LogP contribution in [0.3, 0.4) is 0 Å². The highest BCUT2D eigenvalue weighted by molar-refractivity contribution is 6.00. The second-order valence-corrected chi connectivity index (χ2v) is 5.83. The molecular formula is C16H14N4O3. The smallest absolute Gasteiger partial charge is 0.293 e. The van der Waals surface area contributed by atoms with Gasteiger partial charge in [0, 0.05) is 5.92 Å².